The normalized spacial score (nSPS) is 11.1. The molecule has 0 atom stereocenters. The minimum absolute atomic E-state index is 0.306. The molecule has 0 radical (unpaired) electrons. The summed E-state index contributed by atoms with van der Waals surface area (Å²) >= 11 is 0. The van der Waals surface area contributed by atoms with Gasteiger partial charge in [-0.3, -0.25) is 0 Å². The fourth-order valence-electron chi connectivity index (χ4n) is 1.13. The van der Waals surface area contributed by atoms with Gasteiger partial charge in [0, 0.05) is 18.2 Å². The van der Waals surface area contributed by atoms with Crippen LogP contribution < -0.4 is 4.57 Å². The smallest absolute Gasteiger partial charge is 0.330 e. The maximum absolute atomic E-state index is 10.9. The van der Waals surface area contributed by atoms with Crippen molar-refractivity contribution >= 4 is 5.97 Å². The number of nitrogens with zero attached hydrogens (tertiary/aromatic N) is 1. The second-order valence-corrected chi connectivity index (χ2v) is 3.06. The summed E-state index contributed by atoms with van der Waals surface area (Å²) in [7, 11) is 1.38. The summed E-state index contributed by atoms with van der Waals surface area (Å²) < 4.78 is 6.53. The molecule has 14 heavy (non-hydrogen) atoms. The molecule has 1 heterocycles. The molecule has 0 aliphatic heterocycles. The van der Waals surface area contributed by atoms with Crippen LogP contribution in [-0.2, 0) is 16.1 Å². The van der Waals surface area contributed by atoms with E-state index >= 15 is 0 Å². The van der Waals surface area contributed by atoms with E-state index in [2.05, 4.69) is 4.74 Å². The Morgan fingerprint density at radius 2 is 2.00 bits per heavy atom. The minimum Gasteiger partial charge on any atom is -0.466 e. The largest absolute Gasteiger partial charge is 0.466 e. The number of carbonyl (C=O) groups excluding carboxylic acids is 1. The molecule has 0 amide bonds. The van der Waals surface area contributed by atoms with Gasteiger partial charge < -0.3 is 4.74 Å². The molecule has 0 bridgehead atoms. The first-order valence-corrected chi connectivity index (χ1v) is 4.41. The SMILES string of the molecule is COC(=O)/C=C(\C)C[n+]1ccccc1. The predicted octanol–water partition coefficient (Wildman–Crippen LogP) is 1.09. The number of methoxy groups -OCH3 is 1. The van der Waals surface area contributed by atoms with E-state index in [4.69, 9.17) is 0 Å². The average Bonchev–Trinajstić information content (AvgIpc) is 2.19. The third-order valence-electron chi connectivity index (χ3n) is 1.77. The highest BCUT2D eigenvalue weighted by Crippen LogP contribution is 1.93. The number of rotatable bonds is 3. The summed E-state index contributed by atoms with van der Waals surface area (Å²) in [6.07, 6.45) is 5.41. The number of hydrogen-bond donors (Lipinski definition) is 0. The summed E-state index contributed by atoms with van der Waals surface area (Å²) in [4.78, 5) is 10.9. The van der Waals surface area contributed by atoms with Crippen molar-refractivity contribution < 1.29 is 14.1 Å². The molecule has 3 nitrogen and oxygen atoms in total. The van der Waals surface area contributed by atoms with Gasteiger partial charge in [0.25, 0.3) is 0 Å². The summed E-state index contributed by atoms with van der Waals surface area (Å²) in [6, 6.07) is 5.85. The lowest BCUT2D eigenvalue weighted by molar-refractivity contribution is -0.689. The second kappa shape index (κ2) is 5.17. The third-order valence-corrected chi connectivity index (χ3v) is 1.77. The zero-order chi connectivity index (χ0) is 10.4. The summed E-state index contributed by atoms with van der Waals surface area (Å²) in [6.45, 7) is 2.60. The van der Waals surface area contributed by atoms with Crippen LogP contribution in [0.5, 0.6) is 0 Å². The van der Waals surface area contributed by atoms with Crippen LogP contribution in [0.2, 0.25) is 0 Å². The highest BCUT2D eigenvalue weighted by Gasteiger charge is 2.02. The van der Waals surface area contributed by atoms with Gasteiger partial charge in [0.2, 0.25) is 0 Å². The van der Waals surface area contributed by atoms with Gasteiger partial charge in [-0.1, -0.05) is 6.07 Å². The molecule has 74 valence electrons. The zero-order valence-electron chi connectivity index (χ0n) is 8.43. The molecule has 3 heteroatoms. The van der Waals surface area contributed by atoms with Crippen molar-refractivity contribution in [3.05, 3.63) is 42.2 Å². The first-order valence-electron chi connectivity index (χ1n) is 4.41. The lowest BCUT2D eigenvalue weighted by Crippen LogP contribution is -2.32. The Bertz CT molecular complexity index is 330. The van der Waals surface area contributed by atoms with E-state index < -0.39 is 0 Å². The summed E-state index contributed by atoms with van der Waals surface area (Å²) in [5.74, 6) is -0.306. The number of esters is 1. The van der Waals surface area contributed by atoms with Crippen molar-refractivity contribution in [3.8, 4) is 0 Å². The molecule has 1 aromatic rings. The lowest BCUT2D eigenvalue weighted by Gasteiger charge is -1.96. The van der Waals surface area contributed by atoms with Crippen molar-refractivity contribution in [2.45, 2.75) is 13.5 Å². The van der Waals surface area contributed by atoms with Crippen LogP contribution in [0.15, 0.2) is 42.2 Å². The van der Waals surface area contributed by atoms with E-state index in [0.717, 1.165) is 5.57 Å². The fourth-order valence-corrected chi connectivity index (χ4v) is 1.13. The van der Waals surface area contributed by atoms with E-state index in [9.17, 15) is 4.79 Å². The van der Waals surface area contributed by atoms with Gasteiger partial charge >= 0.3 is 5.97 Å². The van der Waals surface area contributed by atoms with Crippen molar-refractivity contribution in [2.24, 2.45) is 0 Å². The average molecular weight is 192 g/mol. The standard InChI is InChI=1S/C11H14NO2/c1-10(8-11(13)14-2)9-12-6-4-3-5-7-12/h3-8H,9H2,1-2H3/q+1/b10-8+. The van der Waals surface area contributed by atoms with E-state index in [0.29, 0.717) is 6.54 Å². The molecule has 0 aliphatic carbocycles. The van der Waals surface area contributed by atoms with Gasteiger partial charge in [0.05, 0.1) is 7.11 Å². The number of ether oxygens (including phenoxy) is 1. The monoisotopic (exact) mass is 192 g/mol. The highest BCUT2D eigenvalue weighted by molar-refractivity contribution is 5.82. The molecule has 0 aliphatic rings. The van der Waals surface area contributed by atoms with Crippen LogP contribution >= 0.6 is 0 Å². The third kappa shape index (κ3) is 3.39. The van der Waals surface area contributed by atoms with Crippen LogP contribution in [0.3, 0.4) is 0 Å². The molecule has 0 N–H and O–H groups in total. The molecule has 0 saturated carbocycles. The topological polar surface area (TPSA) is 30.2 Å². The molecule has 0 spiro atoms. The Morgan fingerprint density at radius 1 is 1.36 bits per heavy atom. The number of pyridine rings is 1. The predicted molar refractivity (Wildman–Crippen MR) is 52.4 cm³/mol. The molecular weight excluding hydrogens is 178 g/mol. The van der Waals surface area contributed by atoms with E-state index in [-0.39, 0.29) is 5.97 Å². The van der Waals surface area contributed by atoms with Crippen LogP contribution in [0.1, 0.15) is 6.92 Å². The number of hydrogen-bond acceptors (Lipinski definition) is 2. The maximum atomic E-state index is 10.9. The maximum Gasteiger partial charge on any atom is 0.330 e. The molecule has 0 unspecified atom stereocenters. The second-order valence-electron chi connectivity index (χ2n) is 3.06. The minimum atomic E-state index is -0.306. The molecule has 0 fully saturated rings. The molecule has 0 saturated heterocycles. The number of allylic oxidation sites excluding steroid dienone is 1. The van der Waals surface area contributed by atoms with Gasteiger partial charge in [-0.25, -0.2) is 9.36 Å². The number of carbonyl (C=O) groups is 1. The zero-order valence-corrected chi connectivity index (χ0v) is 8.43. The van der Waals surface area contributed by atoms with Gasteiger partial charge in [-0.05, 0) is 12.5 Å². The highest BCUT2D eigenvalue weighted by atomic mass is 16.5. The molecular formula is C11H14NO2+. The van der Waals surface area contributed by atoms with Gasteiger partial charge in [0.15, 0.2) is 18.9 Å². The van der Waals surface area contributed by atoms with Crippen molar-refractivity contribution in [1.82, 2.24) is 0 Å². The molecule has 1 aromatic heterocycles. The van der Waals surface area contributed by atoms with E-state index in [1.54, 1.807) is 0 Å². The van der Waals surface area contributed by atoms with Crippen LogP contribution in [0.25, 0.3) is 0 Å². The quantitative estimate of drug-likeness (QED) is 0.408. The molecule has 1 rings (SSSR count). The van der Waals surface area contributed by atoms with E-state index in [1.807, 2.05) is 42.1 Å². The van der Waals surface area contributed by atoms with Crippen molar-refractivity contribution in [1.29, 1.82) is 0 Å². The van der Waals surface area contributed by atoms with E-state index in [1.165, 1.54) is 13.2 Å². The van der Waals surface area contributed by atoms with Crippen LogP contribution in [0.4, 0.5) is 0 Å². The Kier molecular flexibility index (Phi) is 3.85. The first-order chi connectivity index (χ1) is 6.72. The van der Waals surface area contributed by atoms with Crippen molar-refractivity contribution in [3.63, 3.8) is 0 Å². The Balaban J connectivity index is 2.61. The van der Waals surface area contributed by atoms with Gasteiger partial charge in [0.1, 0.15) is 0 Å². The first kappa shape index (κ1) is 10.4. The van der Waals surface area contributed by atoms with Crippen LogP contribution in [-0.4, -0.2) is 13.1 Å². The Morgan fingerprint density at radius 3 is 2.57 bits per heavy atom. The van der Waals surface area contributed by atoms with Gasteiger partial charge in [-0.2, -0.15) is 0 Å². The number of aromatic nitrogens is 1. The molecule has 0 aromatic carbocycles. The Hall–Kier alpha value is -1.64. The fraction of sp³-hybridized carbons (Fsp3) is 0.273. The Labute approximate surface area is 83.6 Å². The summed E-state index contributed by atoms with van der Waals surface area (Å²) in [5.41, 5.74) is 0.966. The van der Waals surface area contributed by atoms with Crippen molar-refractivity contribution in [2.75, 3.05) is 7.11 Å². The summed E-state index contributed by atoms with van der Waals surface area (Å²) in [5, 5.41) is 0. The van der Waals surface area contributed by atoms with Crippen LogP contribution in [0, 0.1) is 0 Å². The van der Waals surface area contributed by atoms with Gasteiger partial charge in [-0.15, -0.1) is 0 Å². The lowest BCUT2D eigenvalue weighted by atomic mass is 10.3.